The van der Waals surface area contributed by atoms with E-state index in [1.54, 1.807) is 6.33 Å². The van der Waals surface area contributed by atoms with Gasteiger partial charge in [0, 0.05) is 18.3 Å². The molecule has 106 valence electrons. The highest BCUT2D eigenvalue weighted by atomic mass is 15.0. The van der Waals surface area contributed by atoms with Gasteiger partial charge in [-0.3, -0.25) is 0 Å². The first-order valence-corrected chi connectivity index (χ1v) is 7.46. The van der Waals surface area contributed by atoms with Gasteiger partial charge in [0.15, 0.2) is 0 Å². The number of nitrogens with zero attached hydrogens (tertiary/aromatic N) is 2. The standard InChI is InChI=1S/C15H26N4/c1-11(2)14-7-15(19-10-18-14)17-9-13-6-4-3-5-12(13)8-16/h7,10-13H,3-6,8-9,16H2,1-2H3,(H,17,18,19). The number of nitrogens with two attached hydrogens (primary N) is 1. The van der Waals surface area contributed by atoms with Crippen molar-refractivity contribution in [3.63, 3.8) is 0 Å². The number of nitrogens with one attached hydrogen (secondary N) is 1. The third-order valence-corrected chi connectivity index (χ3v) is 4.19. The van der Waals surface area contributed by atoms with E-state index < -0.39 is 0 Å². The molecule has 2 unspecified atom stereocenters. The molecule has 0 spiro atoms. The Balaban J connectivity index is 1.92. The zero-order valence-electron chi connectivity index (χ0n) is 12.1. The maximum absolute atomic E-state index is 5.87. The lowest BCUT2D eigenvalue weighted by atomic mass is 9.79. The molecule has 0 aromatic carbocycles. The summed E-state index contributed by atoms with van der Waals surface area (Å²) in [5, 5.41) is 3.47. The lowest BCUT2D eigenvalue weighted by molar-refractivity contribution is 0.255. The second-order valence-electron chi connectivity index (χ2n) is 5.90. The van der Waals surface area contributed by atoms with Crippen LogP contribution >= 0.6 is 0 Å². The van der Waals surface area contributed by atoms with Crippen molar-refractivity contribution in [3.05, 3.63) is 18.1 Å². The van der Waals surface area contributed by atoms with Gasteiger partial charge >= 0.3 is 0 Å². The smallest absolute Gasteiger partial charge is 0.129 e. The van der Waals surface area contributed by atoms with Gasteiger partial charge in [0.25, 0.3) is 0 Å². The van der Waals surface area contributed by atoms with E-state index in [4.69, 9.17) is 5.73 Å². The zero-order chi connectivity index (χ0) is 13.7. The van der Waals surface area contributed by atoms with E-state index in [9.17, 15) is 0 Å². The van der Waals surface area contributed by atoms with Gasteiger partial charge in [-0.25, -0.2) is 9.97 Å². The Kier molecular flexibility index (Phi) is 5.14. The second kappa shape index (κ2) is 6.85. The van der Waals surface area contributed by atoms with Crippen LogP contribution in [0, 0.1) is 11.8 Å². The van der Waals surface area contributed by atoms with Crippen LogP contribution in [0.2, 0.25) is 0 Å². The minimum atomic E-state index is 0.440. The average molecular weight is 262 g/mol. The van der Waals surface area contributed by atoms with Crippen LogP contribution in [0.4, 0.5) is 5.82 Å². The maximum atomic E-state index is 5.87. The lowest BCUT2D eigenvalue weighted by Crippen LogP contribution is -2.31. The third kappa shape index (κ3) is 3.90. The Morgan fingerprint density at radius 3 is 2.68 bits per heavy atom. The van der Waals surface area contributed by atoms with E-state index in [0.717, 1.165) is 24.6 Å². The molecule has 3 N–H and O–H groups in total. The molecule has 0 bridgehead atoms. The van der Waals surface area contributed by atoms with Gasteiger partial charge in [-0.1, -0.05) is 26.7 Å². The Morgan fingerprint density at radius 2 is 2.00 bits per heavy atom. The monoisotopic (exact) mass is 262 g/mol. The minimum absolute atomic E-state index is 0.440. The summed E-state index contributed by atoms with van der Waals surface area (Å²) < 4.78 is 0. The number of hydrogen-bond donors (Lipinski definition) is 2. The van der Waals surface area contributed by atoms with E-state index in [1.165, 1.54) is 25.7 Å². The number of rotatable bonds is 5. The van der Waals surface area contributed by atoms with Crippen molar-refractivity contribution < 1.29 is 0 Å². The highest BCUT2D eigenvalue weighted by Crippen LogP contribution is 2.29. The van der Waals surface area contributed by atoms with E-state index in [1.807, 2.05) is 0 Å². The fraction of sp³-hybridized carbons (Fsp3) is 0.733. The van der Waals surface area contributed by atoms with Gasteiger partial charge in [-0.15, -0.1) is 0 Å². The molecule has 1 aromatic rings. The van der Waals surface area contributed by atoms with Gasteiger partial charge in [-0.05, 0) is 37.1 Å². The normalized spacial score (nSPS) is 23.6. The van der Waals surface area contributed by atoms with Crippen LogP contribution in [0.5, 0.6) is 0 Å². The van der Waals surface area contributed by atoms with Crippen molar-refractivity contribution in [1.29, 1.82) is 0 Å². The predicted molar refractivity (Wildman–Crippen MR) is 79.1 cm³/mol. The molecule has 1 aromatic heterocycles. The van der Waals surface area contributed by atoms with Gasteiger partial charge < -0.3 is 11.1 Å². The Labute approximate surface area is 116 Å². The second-order valence-corrected chi connectivity index (χ2v) is 5.90. The Bertz CT molecular complexity index is 391. The molecule has 2 atom stereocenters. The summed E-state index contributed by atoms with van der Waals surface area (Å²) in [5.41, 5.74) is 6.97. The number of hydrogen-bond acceptors (Lipinski definition) is 4. The first kappa shape index (κ1) is 14.3. The van der Waals surface area contributed by atoms with Crippen molar-refractivity contribution in [2.75, 3.05) is 18.4 Å². The molecule has 0 amide bonds. The molecule has 0 radical (unpaired) electrons. The molecule has 1 fully saturated rings. The van der Waals surface area contributed by atoms with Crippen molar-refractivity contribution >= 4 is 5.82 Å². The molecule has 0 aliphatic heterocycles. The molecular formula is C15H26N4. The van der Waals surface area contributed by atoms with Crippen LogP contribution in [-0.2, 0) is 0 Å². The third-order valence-electron chi connectivity index (χ3n) is 4.19. The fourth-order valence-corrected chi connectivity index (χ4v) is 2.88. The first-order valence-electron chi connectivity index (χ1n) is 7.46. The molecule has 2 rings (SSSR count). The zero-order valence-corrected chi connectivity index (χ0v) is 12.1. The van der Waals surface area contributed by atoms with Crippen LogP contribution in [0.1, 0.15) is 51.1 Å². The highest BCUT2D eigenvalue weighted by Gasteiger charge is 2.23. The van der Waals surface area contributed by atoms with Crippen LogP contribution in [-0.4, -0.2) is 23.1 Å². The summed E-state index contributed by atoms with van der Waals surface area (Å²) >= 11 is 0. The SMILES string of the molecule is CC(C)c1cc(NCC2CCCCC2CN)ncn1. The molecule has 1 saturated carbocycles. The van der Waals surface area contributed by atoms with Gasteiger partial charge in [0.1, 0.15) is 12.1 Å². The van der Waals surface area contributed by atoms with Gasteiger partial charge in [-0.2, -0.15) is 0 Å². The summed E-state index contributed by atoms with van der Waals surface area (Å²) in [4.78, 5) is 8.60. The fourth-order valence-electron chi connectivity index (χ4n) is 2.88. The first-order chi connectivity index (χ1) is 9.20. The van der Waals surface area contributed by atoms with Crippen molar-refractivity contribution in [2.45, 2.75) is 45.4 Å². The van der Waals surface area contributed by atoms with Crippen LogP contribution < -0.4 is 11.1 Å². The summed E-state index contributed by atoms with van der Waals surface area (Å²) in [7, 11) is 0. The van der Waals surface area contributed by atoms with Crippen LogP contribution in [0.15, 0.2) is 12.4 Å². The summed E-state index contributed by atoms with van der Waals surface area (Å²) in [6.07, 6.45) is 6.90. The largest absolute Gasteiger partial charge is 0.370 e. The van der Waals surface area contributed by atoms with E-state index in [2.05, 4.69) is 35.2 Å². The van der Waals surface area contributed by atoms with Crippen molar-refractivity contribution in [3.8, 4) is 0 Å². The predicted octanol–water partition coefficient (Wildman–Crippen LogP) is 2.78. The average Bonchev–Trinajstić information content (AvgIpc) is 2.45. The molecule has 1 aliphatic rings. The summed E-state index contributed by atoms with van der Waals surface area (Å²) in [6.45, 7) is 6.10. The molecule has 4 nitrogen and oxygen atoms in total. The van der Waals surface area contributed by atoms with Crippen molar-refractivity contribution in [1.82, 2.24) is 9.97 Å². The highest BCUT2D eigenvalue weighted by molar-refractivity contribution is 5.35. The summed E-state index contributed by atoms with van der Waals surface area (Å²) in [5.74, 6) is 2.75. The molecule has 1 heterocycles. The quantitative estimate of drug-likeness (QED) is 0.856. The van der Waals surface area contributed by atoms with Gasteiger partial charge in [0.2, 0.25) is 0 Å². The summed E-state index contributed by atoms with van der Waals surface area (Å²) in [6, 6.07) is 2.06. The topological polar surface area (TPSA) is 63.8 Å². The lowest BCUT2D eigenvalue weighted by Gasteiger charge is -2.30. The molecular weight excluding hydrogens is 236 g/mol. The number of aromatic nitrogens is 2. The van der Waals surface area contributed by atoms with Crippen LogP contribution in [0.3, 0.4) is 0 Å². The number of anilines is 1. The van der Waals surface area contributed by atoms with Gasteiger partial charge in [0.05, 0.1) is 0 Å². The maximum Gasteiger partial charge on any atom is 0.129 e. The van der Waals surface area contributed by atoms with Crippen LogP contribution in [0.25, 0.3) is 0 Å². The molecule has 0 saturated heterocycles. The van der Waals surface area contributed by atoms with E-state index in [-0.39, 0.29) is 0 Å². The van der Waals surface area contributed by atoms with E-state index >= 15 is 0 Å². The Morgan fingerprint density at radius 1 is 1.26 bits per heavy atom. The minimum Gasteiger partial charge on any atom is -0.370 e. The Hall–Kier alpha value is -1.16. The molecule has 19 heavy (non-hydrogen) atoms. The molecule has 1 aliphatic carbocycles. The van der Waals surface area contributed by atoms with Crippen molar-refractivity contribution in [2.24, 2.45) is 17.6 Å². The molecule has 4 heteroatoms. The van der Waals surface area contributed by atoms with E-state index in [0.29, 0.717) is 17.8 Å².